The average Bonchev–Trinajstić information content (AvgIpc) is 3.09. The van der Waals surface area contributed by atoms with Gasteiger partial charge < -0.3 is 14.6 Å². The van der Waals surface area contributed by atoms with Crippen LogP contribution in [0.4, 0.5) is 10.6 Å². The van der Waals surface area contributed by atoms with E-state index in [1.54, 1.807) is 29.3 Å². The molecule has 0 radical (unpaired) electrons. The highest BCUT2D eigenvalue weighted by Gasteiger charge is 2.27. The van der Waals surface area contributed by atoms with Gasteiger partial charge >= 0.3 is 6.03 Å². The second-order valence-electron chi connectivity index (χ2n) is 7.01. The summed E-state index contributed by atoms with van der Waals surface area (Å²) in [5, 5.41) is 10.1. The number of carbonyl (C=O) groups excluding carboxylic acids is 2. The molecular formula is C18H23N5O3. The largest absolute Gasteiger partial charge is 0.459 e. The topological polar surface area (TPSA) is 92.4 Å². The van der Waals surface area contributed by atoms with E-state index in [0.29, 0.717) is 30.6 Å². The molecule has 4 rings (SSSR count). The van der Waals surface area contributed by atoms with E-state index < -0.39 is 0 Å². The fraction of sp³-hybridized carbons (Fsp3) is 0.500. The number of nitrogens with one attached hydrogen (secondary N) is 2. The Kier molecular flexibility index (Phi) is 4.64. The molecule has 138 valence electrons. The molecule has 1 aliphatic carbocycles. The molecule has 0 aromatic carbocycles. The molecule has 0 unspecified atom stereocenters. The summed E-state index contributed by atoms with van der Waals surface area (Å²) in [5.41, 5.74) is 0. The van der Waals surface area contributed by atoms with Gasteiger partial charge in [-0.25, -0.2) is 9.48 Å². The first-order chi connectivity index (χ1) is 12.7. The first kappa shape index (κ1) is 16.7. The summed E-state index contributed by atoms with van der Waals surface area (Å²) in [5.74, 6) is 1.58. The van der Waals surface area contributed by atoms with Crippen molar-refractivity contribution in [2.45, 2.75) is 38.3 Å². The highest BCUT2D eigenvalue weighted by Crippen LogP contribution is 2.31. The number of urea groups is 1. The lowest BCUT2D eigenvalue weighted by Gasteiger charge is -2.32. The smallest absolute Gasteiger partial charge is 0.320 e. The standard InChI is InChI=1S/C18H23N5O3/c24-17(15-4-2-10-26-15)22-9-1-3-14(12-22)20-18(25)21-16-7-8-19-23(16)11-13-5-6-13/h2,4,7-8,10,13-14H,1,3,5-6,9,11-12H2,(H2,20,21,25)/t14-/m0/s1. The summed E-state index contributed by atoms with van der Waals surface area (Å²) in [4.78, 5) is 26.5. The lowest BCUT2D eigenvalue weighted by atomic mass is 10.1. The average molecular weight is 357 g/mol. The lowest BCUT2D eigenvalue weighted by molar-refractivity contribution is 0.0666. The van der Waals surface area contributed by atoms with Gasteiger partial charge in [0.15, 0.2) is 5.76 Å². The number of furan rings is 1. The van der Waals surface area contributed by atoms with Gasteiger partial charge in [-0.15, -0.1) is 0 Å². The summed E-state index contributed by atoms with van der Waals surface area (Å²) < 4.78 is 7.02. The molecule has 2 fully saturated rings. The minimum atomic E-state index is -0.264. The van der Waals surface area contributed by atoms with Crippen LogP contribution in [0.1, 0.15) is 36.2 Å². The van der Waals surface area contributed by atoms with Crippen molar-refractivity contribution < 1.29 is 14.0 Å². The Labute approximate surface area is 151 Å². The van der Waals surface area contributed by atoms with Crippen molar-refractivity contribution >= 4 is 17.8 Å². The van der Waals surface area contributed by atoms with Crippen LogP contribution in [0, 0.1) is 5.92 Å². The van der Waals surface area contributed by atoms with Crippen LogP contribution in [-0.4, -0.2) is 45.8 Å². The van der Waals surface area contributed by atoms with Gasteiger partial charge in [0.1, 0.15) is 5.82 Å². The normalized spacial score (nSPS) is 20.0. The zero-order valence-electron chi connectivity index (χ0n) is 14.6. The van der Waals surface area contributed by atoms with Crippen LogP contribution in [0.25, 0.3) is 0 Å². The Balaban J connectivity index is 1.31. The molecule has 2 aromatic heterocycles. The van der Waals surface area contributed by atoms with E-state index in [2.05, 4.69) is 15.7 Å². The predicted molar refractivity (Wildman–Crippen MR) is 94.7 cm³/mol. The molecule has 1 saturated heterocycles. The minimum Gasteiger partial charge on any atom is -0.459 e. The van der Waals surface area contributed by atoms with Crippen molar-refractivity contribution in [1.82, 2.24) is 20.0 Å². The third-order valence-electron chi connectivity index (χ3n) is 4.86. The monoisotopic (exact) mass is 357 g/mol. The fourth-order valence-corrected chi connectivity index (χ4v) is 3.30. The maximum atomic E-state index is 12.4. The summed E-state index contributed by atoms with van der Waals surface area (Å²) in [7, 11) is 0. The first-order valence-electron chi connectivity index (χ1n) is 9.11. The lowest BCUT2D eigenvalue weighted by Crippen LogP contribution is -2.50. The van der Waals surface area contributed by atoms with E-state index in [-0.39, 0.29) is 18.0 Å². The SMILES string of the molecule is O=C(Nc1ccnn1CC1CC1)N[C@H]1CCCN(C(=O)c2ccco2)C1. The molecule has 0 bridgehead atoms. The van der Waals surface area contributed by atoms with E-state index in [1.165, 1.54) is 19.1 Å². The van der Waals surface area contributed by atoms with Gasteiger partial charge in [-0.1, -0.05) is 0 Å². The van der Waals surface area contributed by atoms with Crippen molar-refractivity contribution in [2.24, 2.45) is 5.92 Å². The third kappa shape index (κ3) is 3.89. The van der Waals surface area contributed by atoms with Gasteiger partial charge in [-0.3, -0.25) is 10.1 Å². The van der Waals surface area contributed by atoms with Crippen molar-refractivity contribution in [2.75, 3.05) is 18.4 Å². The molecule has 2 aromatic rings. The summed E-state index contributed by atoms with van der Waals surface area (Å²) in [6, 6.07) is 4.82. The fourth-order valence-electron chi connectivity index (χ4n) is 3.30. The Bertz CT molecular complexity index is 766. The second kappa shape index (κ2) is 7.23. The molecule has 1 saturated carbocycles. The number of rotatable bonds is 5. The molecule has 1 atom stereocenters. The number of piperidine rings is 1. The van der Waals surface area contributed by atoms with E-state index in [4.69, 9.17) is 4.42 Å². The summed E-state index contributed by atoms with van der Waals surface area (Å²) in [6.45, 7) is 2.00. The maximum Gasteiger partial charge on any atom is 0.320 e. The molecule has 0 spiro atoms. The van der Waals surface area contributed by atoms with Crippen LogP contribution in [0.15, 0.2) is 35.1 Å². The van der Waals surface area contributed by atoms with E-state index in [0.717, 1.165) is 19.4 Å². The van der Waals surface area contributed by atoms with Crippen LogP contribution in [-0.2, 0) is 6.54 Å². The zero-order valence-corrected chi connectivity index (χ0v) is 14.6. The molecule has 3 heterocycles. The van der Waals surface area contributed by atoms with Gasteiger partial charge in [-0.05, 0) is 43.7 Å². The number of hydrogen-bond acceptors (Lipinski definition) is 4. The number of anilines is 1. The van der Waals surface area contributed by atoms with Crippen molar-refractivity contribution in [1.29, 1.82) is 0 Å². The highest BCUT2D eigenvalue weighted by atomic mass is 16.3. The number of likely N-dealkylation sites (tertiary alicyclic amines) is 1. The van der Waals surface area contributed by atoms with Gasteiger partial charge in [0.2, 0.25) is 0 Å². The van der Waals surface area contributed by atoms with Gasteiger partial charge in [-0.2, -0.15) is 5.10 Å². The van der Waals surface area contributed by atoms with Gasteiger partial charge in [0.05, 0.1) is 12.5 Å². The molecule has 2 N–H and O–H groups in total. The third-order valence-corrected chi connectivity index (χ3v) is 4.86. The van der Waals surface area contributed by atoms with Crippen LogP contribution < -0.4 is 10.6 Å². The first-order valence-corrected chi connectivity index (χ1v) is 9.11. The molecule has 1 aliphatic heterocycles. The highest BCUT2D eigenvalue weighted by molar-refractivity contribution is 5.92. The van der Waals surface area contributed by atoms with E-state index in [9.17, 15) is 9.59 Å². The van der Waals surface area contributed by atoms with Gasteiger partial charge in [0, 0.05) is 31.7 Å². The van der Waals surface area contributed by atoms with Crippen LogP contribution in [0.2, 0.25) is 0 Å². The van der Waals surface area contributed by atoms with E-state index >= 15 is 0 Å². The number of hydrogen-bond donors (Lipinski definition) is 2. The number of carbonyl (C=O) groups is 2. The van der Waals surface area contributed by atoms with Crippen molar-refractivity contribution in [3.63, 3.8) is 0 Å². The molecule has 26 heavy (non-hydrogen) atoms. The molecule has 8 nitrogen and oxygen atoms in total. The zero-order chi connectivity index (χ0) is 17.9. The molecule has 2 aliphatic rings. The quantitative estimate of drug-likeness (QED) is 0.859. The van der Waals surface area contributed by atoms with Gasteiger partial charge in [0.25, 0.3) is 5.91 Å². The maximum absolute atomic E-state index is 12.4. The van der Waals surface area contributed by atoms with Crippen LogP contribution >= 0.6 is 0 Å². The Morgan fingerprint density at radius 2 is 2.15 bits per heavy atom. The van der Waals surface area contributed by atoms with Crippen molar-refractivity contribution in [3.05, 3.63) is 36.4 Å². The summed E-state index contributed by atoms with van der Waals surface area (Å²) in [6.07, 6.45) is 7.33. The molecule has 3 amide bonds. The summed E-state index contributed by atoms with van der Waals surface area (Å²) >= 11 is 0. The number of nitrogens with zero attached hydrogens (tertiary/aromatic N) is 3. The Morgan fingerprint density at radius 3 is 2.92 bits per heavy atom. The predicted octanol–water partition coefficient (Wildman–Crippen LogP) is 2.31. The van der Waals surface area contributed by atoms with Crippen LogP contribution in [0.5, 0.6) is 0 Å². The minimum absolute atomic E-state index is 0.0811. The van der Waals surface area contributed by atoms with E-state index in [1.807, 2.05) is 4.68 Å². The molecule has 8 heteroatoms. The Hall–Kier alpha value is -2.77. The molecular weight excluding hydrogens is 334 g/mol. The Morgan fingerprint density at radius 1 is 1.27 bits per heavy atom. The number of aromatic nitrogens is 2. The second-order valence-corrected chi connectivity index (χ2v) is 7.01. The van der Waals surface area contributed by atoms with Crippen LogP contribution in [0.3, 0.4) is 0 Å². The van der Waals surface area contributed by atoms with Crippen molar-refractivity contribution in [3.8, 4) is 0 Å². The number of amides is 3.